The van der Waals surface area contributed by atoms with Crippen LogP contribution in [0.1, 0.15) is 10.4 Å². The van der Waals surface area contributed by atoms with Crippen LogP contribution in [0.25, 0.3) is 0 Å². The second-order valence-electron chi connectivity index (χ2n) is 3.46. The van der Waals surface area contributed by atoms with Crippen LogP contribution in [-0.4, -0.2) is 19.4 Å². The molecule has 0 spiro atoms. The molecule has 0 saturated carbocycles. The molecule has 7 nitrogen and oxygen atoms in total. The standard InChI is InChI=1S/C13H11N5O2/c1-20-13(19)9-2-4-10(5-3-9)17-8-18-12(7-15)11(16)6-14/h2-5,8H,16H2,1H3,(H,17,18)/b12-11-. The smallest absolute Gasteiger partial charge is 0.337 e. The van der Waals surface area contributed by atoms with E-state index in [1.54, 1.807) is 36.4 Å². The Morgan fingerprint density at radius 2 is 2.00 bits per heavy atom. The normalized spacial score (nSPS) is 11.2. The van der Waals surface area contributed by atoms with Gasteiger partial charge in [0, 0.05) is 5.69 Å². The van der Waals surface area contributed by atoms with E-state index in [2.05, 4.69) is 15.0 Å². The minimum absolute atomic E-state index is 0.175. The summed E-state index contributed by atoms with van der Waals surface area (Å²) < 4.78 is 4.57. The Kier molecular flexibility index (Phi) is 5.30. The van der Waals surface area contributed by atoms with Crippen LogP contribution in [0, 0.1) is 22.7 Å². The molecule has 1 rings (SSSR count). The first kappa shape index (κ1) is 14.7. The molecule has 0 atom stereocenters. The maximum Gasteiger partial charge on any atom is 0.337 e. The molecular formula is C13H11N5O2. The van der Waals surface area contributed by atoms with E-state index in [0.717, 1.165) is 0 Å². The van der Waals surface area contributed by atoms with Crippen LogP contribution in [0.5, 0.6) is 0 Å². The summed E-state index contributed by atoms with van der Waals surface area (Å²) in [5.74, 6) is -0.429. The van der Waals surface area contributed by atoms with Crippen molar-refractivity contribution >= 4 is 18.0 Å². The number of carbonyl (C=O) groups is 1. The molecule has 20 heavy (non-hydrogen) atoms. The quantitative estimate of drug-likeness (QED) is 0.365. The number of ether oxygens (including phenoxy) is 1. The highest BCUT2D eigenvalue weighted by atomic mass is 16.5. The number of methoxy groups -OCH3 is 1. The van der Waals surface area contributed by atoms with Crippen LogP contribution in [-0.2, 0) is 4.74 Å². The Labute approximate surface area is 115 Å². The molecule has 3 N–H and O–H groups in total. The third kappa shape index (κ3) is 3.86. The lowest BCUT2D eigenvalue weighted by Gasteiger charge is -2.02. The van der Waals surface area contributed by atoms with Crippen molar-refractivity contribution in [3.8, 4) is 12.1 Å². The van der Waals surface area contributed by atoms with E-state index < -0.39 is 5.97 Å². The number of benzene rings is 1. The number of rotatable bonds is 4. The molecule has 0 aliphatic carbocycles. The number of nitrogens with two attached hydrogens (primary N) is 1. The first-order valence-electron chi connectivity index (χ1n) is 5.39. The molecule has 0 aliphatic rings. The summed E-state index contributed by atoms with van der Waals surface area (Å²) in [5, 5.41) is 20.0. The molecule has 7 heteroatoms. The lowest BCUT2D eigenvalue weighted by molar-refractivity contribution is 0.0601. The number of nitrogens with one attached hydrogen (secondary N) is 1. The van der Waals surface area contributed by atoms with Crippen molar-refractivity contribution in [2.45, 2.75) is 0 Å². The lowest BCUT2D eigenvalue weighted by Crippen LogP contribution is -2.02. The zero-order valence-corrected chi connectivity index (χ0v) is 10.6. The number of esters is 1. The van der Waals surface area contributed by atoms with Crippen LogP contribution < -0.4 is 11.1 Å². The zero-order valence-electron chi connectivity index (χ0n) is 10.6. The zero-order chi connectivity index (χ0) is 15.0. The van der Waals surface area contributed by atoms with Gasteiger partial charge in [0.05, 0.1) is 19.0 Å². The van der Waals surface area contributed by atoms with Crippen LogP contribution in [0.4, 0.5) is 5.69 Å². The van der Waals surface area contributed by atoms with Gasteiger partial charge < -0.3 is 15.8 Å². The monoisotopic (exact) mass is 269 g/mol. The van der Waals surface area contributed by atoms with E-state index in [4.69, 9.17) is 16.3 Å². The molecule has 0 radical (unpaired) electrons. The van der Waals surface area contributed by atoms with Gasteiger partial charge in [0.2, 0.25) is 0 Å². The van der Waals surface area contributed by atoms with Crippen LogP contribution in [0.2, 0.25) is 0 Å². The number of nitrogens with zero attached hydrogens (tertiary/aromatic N) is 3. The van der Waals surface area contributed by atoms with Crippen molar-refractivity contribution in [1.29, 1.82) is 10.5 Å². The van der Waals surface area contributed by atoms with E-state index in [9.17, 15) is 4.79 Å². The number of nitriles is 2. The molecule has 0 amide bonds. The summed E-state index contributed by atoms with van der Waals surface area (Å²) in [4.78, 5) is 14.9. The van der Waals surface area contributed by atoms with Crippen LogP contribution in [0.3, 0.4) is 0 Å². The molecule has 0 fully saturated rings. The Morgan fingerprint density at radius 1 is 1.35 bits per heavy atom. The number of hydrogen-bond acceptors (Lipinski definition) is 6. The minimum atomic E-state index is -0.429. The van der Waals surface area contributed by atoms with Gasteiger partial charge in [0.15, 0.2) is 5.70 Å². The summed E-state index contributed by atoms with van der Waals surface area (Å²) >= 11 is 0. The third-order valence-corrected chi connectivity index (χ3v) is 2.21. The van der Waals surface area contributed by atoms with Gasteiger partial charge in [-0.3, -0.25) is 0 Å². The summed E-state index contributed by atoms with van der Waals surface area (Å²) in [7, 11) is 1.30. The van der Waals surface area contributed by atoms with Crippen LogP contribution in [0.15, 0.2) is 40.7 Å². The van der Waals surface area contributed by atoms with E-state index in [-0.39, 0.29) is 11.4 Å². The highest BCUT2D eigenvalue weighted by molar-refractivity contribution is 5.90. The van der Waals surface area contributed by atoms with Gasteiger partial charge in [-0.15, -0.1) is 0 Å². The van der Waals surface area contributed by atoms with Crippen molar-refractivity contribution in [2.75, 3.05) is 12.4 Å². The van der Waals surface area contributed by atoms with Crippen molar-refractivity contribution in [3.05, 3.63) is 41.2 Å². The van der Waals surface area contributed by atoms with E-state index in [1.807, 2.05) is 0 Å². The molecule has 0 aromatic heterocycles. The van der Waals surface area contributed by atoms with Gasteiger partial charge in [-0.05, 0) is 24.3 Å². The number of hydrogen-bond donors (Lipinski definition) is 2. The first-order valence-corrected chi connectivity index (χ1v) is 5.39. The molecule has 1 aromatic rings. The average molecular weight is 269 g/mol. The molecular weight excluding hydrogens is 258 g/mol. The van der Waals surface area contributed by atoms with Gasteiger partial charge in [-0.2, -0.15) is 10.5 Å². The Hall–Kier alpha value is -3.32. The highest BCUT2D eigenvalue weighted by Crippen LogP contribution is 2.09. The topological polar surface area (TPSA) is 124 Å². The Balaban J connectivity index is 2.75. The maximum atomic E-state index is 11.2. The largest absolute Gasteiger partial charge is 0.465 e. The second-order valence-corrected chi connectivity index (χ2v) is 3.46. The van der Waals surface area contributed by atoms with Gasteiger partial charge in [0.25, 0.3) is 0 Å². The molecule has 0 unspecified atom stereocenters. The maximum absolute atomic E-state index is 11.2. The number of aliphatic imine (C=N–C) groups is 1. The van der Waals surface area contributed by atoms with Crippen LogP contribution >= 0.6 is 0 Å². The van der Waals surface area contributed by atoms with Gasteiger partial charge >= 0.3 is 5.97 Å². The SMILES string of the molecule is COC(=O)c1ccc(NC=N/C(C#N)=C(\N)C#N)cc1. The first-order chi connectivity index (χ1) is 9.62. The molecule has 0 bridgehead atoms. The fourth-order valence-electron chi connectivity index (χ4n) is 1.20. The molecule has 0 aliphatic heterocycles. The summed E-state index contributed by atoms with van der Waals surface area (Å²) in [6, 6.07) is 9.77. The minimum Gasteiger partial charge on any atom is -0.465 e. The molecule has 100 valence electrons. The fraction of sp³-hybridized carbons (Fsp3) is 0.0769. The molecule has 0 saturated heterocycles. The van der Waals surface area contributed by atoms with Crippen molar-refractivity contribution in [1.82, 2.24) is 0 Å². The Morgan fingerprint density at radius 3 is 2.50 bits per heavy atom. The number of carbonyl (C=O) groups excluding carboxylic acids is 1. The Bertz CT molecular complexity index is 632. The average Bonchev–Trinajstić information content (AvgIpc) is 2.50. The molecule has 1 aromatic carbocycles. The van der Waals surface area contributed by atoms with E-state index in [1.165, 1.54) is 13.4 Å². The highest BCUT2D eigenvalue weighted by Gasteiger charge is 2.03. The summed E-state index contributed by atoms with van der Waals surface area (Å²) in [5.41, 5.74) is 5.91. The second kappa shape index (κ2) is 7.19. The number of anilines is 1. The fourth-order valence-corrected chi connectivity index (χ4v) is 1.20. The predicted octanol–water partition coefficient (Wildman–Crippen LogP) is 1.13. The lowest BCUT2D eigenvalue weighted by atomic mass is 10.2. The van der Waals surface area contributed by atoms with E-state index >= 15 is 0 Å². The van der Waals surface area contributed by atoms with Crippen molar-refractivity contribution in [2.24, 2.45) is 10.7 Å². The number of allylic oxidation sites excluding steroid dienone is 2. The summed E-state index contributed by atoms with van der Waals surface area (Å²) in [6.07, 6.45) is 1.23. The van der Waals surface area contributed by atoms with Crippen molar-refractivity contribution < 1.29 is 9.53 Å². The summed E-state index contributed by atoms with van der Waals surface area (Å²) in [6.45, 7) is 0. The third-order valence-electron chi connectivity index (χ3n) is 2.21. The van der Waals surface area contributed by atoms with Gasteiger partial charge in [0.1, 0.15) is 17.8 Å². The predicted molar refractivity (Wildman–Crippen MR) is 72.3 cm³/mol. The molecule has 0 heterocycles. The van der Waals surface area contributed by atoms with E-state index in [0.29, 0.717) is 11.3 Å². The van der Waals surface area contributed by atoms with Gasteiger partial charge in [-0.1, -0.05) is 0 Å². The van der Waals surface area contributed by atoms with Gasteiger partial charge in [-0.25, -0.2) is 9.79 Å². The van der Waals surface area contributed by atoms with Crippen molar-refractivity contribution in [3.63, 3.8) is 0 Å².